The molecule has 1 aromatic carbocycles. The van der Waals surface area contributed by atoms with Gasteiger partial charge in [-0.3, -0.25) is 4.79 Å². The van der Waals surface area contributed by atoms with E-state index < -0.39 is 0 Å². The molecule has 0 spiro atoms. The van der Waals surface area contributed by atoms with Crippen LogP contribution in [0.15, 0.2) is 41.3 Å². The molecule has 0 unspecified atom stereocenters. The molecule has 3 rings (SSSR count). The molecule has 0 aliphatic heterocycles. The number of allylic oxidation sites excluding steroid dienone is 2. The minimum Gasteiger partial charge on any atom is -0.326 e. The van der Waals surface area contributed by atoms with Crippen LogP contribution in [0.25, 0.3) is 0 Å². The van der Waals surface area contributed by atoms with Crippen LogP contribution in [0.4, 0.5) is 5.69 Å². The number of carbonyl (C=O) groups excluding carboxylic acids is 1. The molecule has 0 saturated heterocycles. The van der Waals surface area contributed by atoms with Gasteiger partial charge in [0.25, 0.3) is 0 Å². The number of benzene rings is 1. The molecule has 21 heavy (non-hydrogen) atoms. The van der Waals surface area contributed by atoms with E-state index in [4.69, 9.17) is 0 Å². The van der Waals surface area contributed by atoms with Crippen LogP contribution >= 0.6 is 11.8 Å². The second kappa shape index (κ2) is 7.17. The average molecular weight is 301 g/mol. The van der Waals surface area contributed by atoms with Gasteiger partial charge < -0.3 is 5.32 Å². The van der Waals surface area contributed by atoms with Crippen molar-refractivity contribution in [3.63, 3.8) is 0 Å². The zero-order chi connectivity index (χ0) is 14.5. The Labute approximate surface area is 131 Å². The molecule has 112 valence electrons. The van der Waals surface area contributed by atoms with Crippen molar-refractivity contribution < 1.29 is 4.79 Å². The number of thioether (sulfide) groups is 1. The molecule has 0 aromatic heterocycles. The van der Waals surface area contributed by atoms with E-state index in [1.54, 1.807) is 0 Å². The van der Waals surface area contributed by atoms with E-state index in [0.29, 0.717) is 0 Å². The van der Waals surface area contributed by atoms with Crippen LogP contribution in [-0.4, -0.2) is 11.2 Å². The molecule has 0 bridgehead atoms. The molecule has 1 amide bonds. The van der Waals surface area contributed by atoms with Crippen LogP contribution < -0.4 is 5.32 Å². The summed E-state index contributed by atoms with van der Waals surface area (Å²) in [5, 5.41) is 3.84. The minimum atomic E-state index is 0.141. The number of carbonyl (C=O) groups is 1. The van der Waals surface area contributed by atoms with E-state index in [2.05, 4.69) is 29.6 Å². The lowest BCUT2D eigenvalue weighted by atomic mass is 9.93. The molecule has 2 aliphatic carbocycles. The highest BCUT2D eigenvalue weighted by Crippen LogP contribution is 2.35. The molecular formula is C18H23NOS. The highest BCUT2D eigenvalue weighted by atomic mass is 32.2. The third kappa shape index (κ3) is 4.13. The predicted molar refractivity (Wildman–Crippen MR) is 89.7 cm³/mol. The zero-order valence-corrected chi connectivity index (χ0v) is 13.2. The summed E-state index contributed by atoms with van der Waals surface area (Å²) in [4.78, 5) is 13.5. The van der Waals surface area contributed by atoms with Crippen molar-refractivity contribution >= 4 is 23.4 Å². The summed E-state index contributed by atoms with van der Waals surface area (Å²) in [5.74, 6) is 0.304. The third-order valence-electron chi connectivity index (χ3n) is 4.37. The van der Waals surface area contributed by atoms with Gasteiger partial charge in [0, 0.05) is 21.8 Å². The van der Waals surface area contributed by atoms with Gasteiger partial charge in [-0.15, -0.1) is 11.8 Å². The summed E-state index contributed by atoms with van der Waals surface area (Å²) in [7, 11) is 0. The lowest BCUT2D eigenvalue weighted by Crippen LogP contribution is -2.23. The van der Waals surface area contributed by atoms with Crippen molar-refractivity contribution in [2.24, 2.45) is 5.92 Å². The van der Waals surface area contributed by atoms with Gasteiger partial charge in [-0.05, 0) is 56.4 Å². The van der Waals surface area contributed by atoms with Crippen LogP contribution in [0.3, 0.4) is 0 Å². The molecule has 1 fully saturated rings. The van der Waals surface area contributed by atoms with Crippen LogP contribution in [0.2, 0.25) is 0 Å². The maximum Gasteiger partial charge on any atom is 0.227 e. The summed E-state index contributed by atoms with van der Waals surface area (Å²) in [6, 6.07) is 8.35. The Hall–Kier alpha value is -1.22. The van der Waals surface area contributed by atoms with Crippen LogP contribution in [0.1, 0.15) is 44.9 Å². The van der Waals surface area contributed by atoms with E-state index in [-0.39, 0.29) is 11.8 Å². The molecular weight excluding hydrogens is 278 g/mol. The summed E-state index contributed by atoms with van der Waals surface area (Å²) in [6.45, 7) is 0. The molecule has 2 aliphatic rings. The van der Waals surface area contributed by atoms with Crippen molar-refractivity contribution in [3.8, 4) is 0 Å². The smallest absolute Gasteiger partial charge is 0.227 e. The van der Waals surface area contributed by atoms with Gasteiger partial charge in [-0.25, -0.2) is 0 Å². The lowest BCUT2D eigenvalue weighted by Gasteiger charge is -2.17. The lowest BCUT2D eigenvalue weighted by molar-refractivity contribution is -0.120. The first-order valence-corrected chi connectivity index (χ1v) is 8.92. The van der Waals surface area contributed by atoms with E-state index in [1.165, 1.54) is 30.6 Å². The monoisotopic (exact) mass is 301 g/mol. The van der Waals surface area contributed by atoms with E-state index >= 15 is 0 Å². The largest absolute Gasteiger partial charge is 0.326 e. The van der Waals surface area contributed by atoms with Crippen LogP contribution in [-0.2, 0) is 4.79 Å². The first kappa shape index (κ1) is 14.7. The highest BCUT2D eigenvalue weighted by Gasteiger charge is 2.19. The van der Waals surface area contributed by atoms with Gasteiger partial charge in [0.1, 0.15) is 0 Å². The van der Waals surface area contributed by atoms with Gasteiger partial charge in [-0.1, -0.05) is 25.0 Å². The Morgan fingerprint density at radius 2 is 1.81 bits per heavy atom. The fraction of sp³-hybridized carbons (Fsp3) is 0.500. The third-order valence-corrected chi connectivity index (χ3v) is 5.72. The summed E-state index contributed by atoms with van der Waals surface area (Å²) < 4.78 is 0. The van der Waals surface area contributed by atoms with E-state index in [0.717, 1.165) is 30.2 Å². The zero-order valence-electron chi connectivity index (χ0n) is 12.4. The van der Waals surface area contributed by atoms with Crippen molar-refractivity contribution in [3.05, 3.63) is 36.4 Å². The normalized spacial score (nSPS) is 22.4. The summed E-state index contributed by atoms with van der Waals surface area (Å²) >= 11 is 1.99. The molecule has 3 heteroatoms. The fourth-order valence-electron chi connectivity index (χ4n) is 3.09. The number of anilines is 1. The molecule has 1 atom stereocenters. The quantitative estimate of drug-likeness (QED) is 0.791. The molecule has 1 aromatic rings. The van der Waals surface area contributed by atoms with Crippen molar-refractivity contribution in [1.29, 1.82) is 0 Å². The Morgan fingerprint density at radius 3 is 2.48 bits per heavy atom. The summed E-state index contributed by atoms with van der Waals surface area (Å²) in [6.07, 6.45) is 12.6. The first-order valence-electron chi connectivity index (χ1n) is 8.04. The average Bonchev–Trinajstić information content (AvgIpc) is 3.03. The Kier molecular flexibility index (Phi) is 5.02. The van der Waals surface area contributed by atoms with Crippen LogP contribution in [0, 0.1) is 5.92 Å². The van der Waals surface area contributed by atoms with Crippen molar-refractivity contribution in [2.75, 3.05) is 5.32 Å². The Balaban J connectivity index is 1.53. The van der Waals surface area contributed by atoms with Crippen LogP contribution in [0.5, 0.6) is 0 Å². The predicted octanol–water partition coefficient (Wildman–Crippen LogP) is 5.02. The minimum absolute atomic E-state index is 0.141. The number of amides is 1. The van der Waals surface area contributed by atoms with Gasteiger partial charge in [0.2, 0.25) is 5.91 Å². The maximum absolute atomic E-state index is 12.2. The van der Waals surface area contributed by atoms with E-state index in [9.17, 15) is 4.79 Å². The Bertz CT molecular complexity index is 502. The topological polar surface area (TPSA) is 29.1 Å². The van der Waals surface area contributed by atoms with Gasteiger partial charge in [0.15, 0.2) is 0 Å². The molecule has 0 radical (unpaired) electrons. The Morgan fingerprint density at radius 1 is 1.05 bits per heavy atom. The summed E-state index contributed by atoms with van der Waals surface area (Å²) in [5.41, 5.74) is 0.922. The molecule has 2 nitrogen and oxygen atoms in total. The standard InChI is InChI=1S/C18H23NOS/c20-18(14-6-2-1-3-7-14)19-15-10-12-17(13-11-15)21-16-8-4-5-9-16/h1-2,10-14,16H,3-9H2,(H,19,20)/t14-/m0/s1. The van der Waals surface area contributed by atoms with Gasteiger partial charge >= 0.3 is 0 Å². The second-order valence-corrected chi connectivity index (χ2v) is 7.39. The maximum atomic E-state index is 12.2. The van der Waals surface area contributed by atoms with Gasteiger partial charge in [0.05, 0.1) is 0 Å². The number of rotatable bonds is 4. The van der Waals surface area contributed by atoms with Gasteiger partial charge in [-0.2, -0.15) is 0 Å². The van der Waals surface area contributed by atoms with Crippen molar-refractivity contribution in [2.45, 2.75) is 55.1 Å². The highest BCUT2D eigenvalue weighted by molar-refractivity contribution is 8.00. The van der Waals surface area contributed by atoms with Crippen molar-refractivity contribution in [1.82, 2.24) is 0 Å². The molecule has 1 N–H and O–H groups in total. The molecule has 1 saturated carbocycles. The SMILES string of the molecule is O=C(Nc1ccc(SC2CCCC2)cc1)[C@H]1CC=CCC1. The number of nitrogens with one attached hydrogen (secondary N) is 1. The first-order chi connectivity index (χ1) is 10.3. The fourth-order valence-corrected chi connectivity index (χ4v) is 4.34. The number of hydrogen-bond donors (Lipinski definition) is 1. The molecule has 0 heterocycles. The van der Waals surface area contributed by atoms with E-state index in [1.807, 2.05) is 23.9 Å². The number of hydrogen-bond acceptors (Lipinski definition) is 2. The second-order valence-electron chi connectivity index (χ2n) is 6.02.